The minimum Gasteiger partial charge on any atom is -0.493 e. The van der Waals surface area contributed by atoms with Gasteiger partial charge in [0.2, 0.25) is 5.75 Å². The average molecular weight is 796 g/mol. The fourth-order valence-corrected chi connectivity index (χ4v) is 7.76. The summed E-state index contributed by atoms with van der Waals surface area (Å²) in [6.45, 7) is 7.64. The Hall–Kier alpha value is -5.30. The molecule has 0 amide bonds. The van der Waals surface area contributed by atoms with Crippen molar-refractivity contribution in [3.8, 4) is 50.8 Å². The summed E-state index contributed by atoms with van der Waals surface area (Å²) in [5, 5.41) is 0.981. The number of thiazole rings is 1. The monoisotopic (exact) mass is 795 g/mol. The summed E-state index contributed by atoms with van der Waals surface area (Å²) in [5.41, 5.74) is 3.30. The van der Waals surface area contributed by atoms with Crippen molar-refractivity contribution in [1.82, 2.24) is 14.8 Å². The molecule has 57 heavy (non-hydrogen) atoms. The van der Waals surface area contributed by atoms with Crippen molar-refractivity contribution in [2.45, 2.75) is 25.7 Å². The number of ether oxygens (including phenoxy) is 7. The zero-order valence-electron chi connectivity index (χ0n) is 33.6. The van der Waals surface area contributed by atoms with Crippen molar-refractivity contribution in [2.75, 3.05) is 88.0 Å². The van der Waals surface area contributed by atoms with Crippen LogP contribution in [0.2, 0.25) is 0 Å². The maximum absolute atomic E-state index is 13.0. The molecule has 6 rings (SSSR count). The Balaban J connectivity index is 0.877. The second kappa shape index (κ2) is 20.7. The molecule has 0 unspecified atom stereocenters. The van der Waals surface area contributed by atoms with Gasteiger partial charge in [-0.2, -0.15) is 0 Å². The van der Waals surface area contributed by atoms with E-state index in [9.17, 15) is 4.79 Å². The SMILES string of the molecule is COc1ccc(/C=C/C(=O)c2cc(OC)c(OC)c(OC)c2)cc1OCCCCN1CCN(CCCCOc2cc(-c3nc4ccccc4s3)ccc2OC)CC1. The first-order valence-electron chi connectivity index (χ1n) is 19.4. The van der Waals surface area contributed by atoms with Crippen molar-refractivity contribution in [2.24, 2.45) is 0 Å². The normalized spacial score (nSPS) is 13.5. The lowest BCUT2D eigenvalue weighted by Gasteiger charge is -2.34. The number of nitrogens with zero attached hydrogens (tertiary/aromatic N) is 3. The molecule has 1 aliphatic rings. The van der Waals surface area contributed by atoms with E-state index in [0.29, 0.717) is 47.5 Å². The fourth-order valence-electron chi connectivity index (χ4n) is 6.80. The number of fused-ring (bicyclic) bond motifs is 1. The molecule has 0 N–H and O–H groups in total. The second-order valence-electron chi connectivity index (χ2n) is 13.7. The lowest BCUT2D eigenvalue weighted by atomic mass is 10.1. The van der Waals surface area contributed by atoms with Crippen LogP contribution in [0.25, 0.3) is 26.9 Å². The Morgan fingerprint density at radius 1 is 0.649 bits per heavy atom. The number of methoxy groups -OCH3 is 5. The van der Waals surface area contributed by atoms with Gasteiger partial charge in [0.15, 0.2) is 40.3 Å². The number of allylic oxidation sites excluding steroid dienone is 1. The number of carbonyl (C=O) groups excluding carboxylic acids is 1. The molecule has 1 saturated heterocycles. The van der Waals surface area contributed by atoms with Crippen LogP contribution in [0.5, 0.6) is 40.2 Å². The molecular formula is C45H53N3O8S. The molecule has 1 aromatic heterocycles. The molecule has 1 fully saturated rings. The number of hydrogen-bond donors (Lipinski definition) is 0. The summed E-state index contributed by atoms with van der Waals surface area (Å²) in [7, 11) is 7.88. The smallest absolute Gasteiger partial charge is 0.203 e. The largest absolute Gasteiger partial charge is 0.493 e. The average Bonchev–Trinajstić information content (AvgIpc) is 3.70. The first-order valence-corrected chi connectivity index (χ1v) is 20.2. The van der Waals surface area contributed by atoms with Gasteiger partial charge in [-0.1, -0.05) is 24.3 Å². The predicted molar refractivity (Wildman–Crippen MR) is 226 cm³/mol. The van der Waals surface area contributed by atoms with E-state index < -0.39 is 0 Å². The standard InChI is InChI=1S/C45H53N3O8S/c1-50-37-18-15-32(14-17-36(49)34-30-41(52-3)44(54-5)42(31-34)53-4)28-39(37)55-26-10-8-20-47-22-24-48(25-23-47)21-9-11-27-56-40-29-33(16-19-38(40)51-2)45-46-35-12-6-7-13-43(35)57-45/h6-7,12-19,28-31H,8-11,20-27H2,1-5H3/b17-14+. The number of carbonyl (C=O) groups is 1. The summed E-state index contributed by atoms with van der Waals surface area (Å²) in [5.74, 6) is 3.89. The molecule has 1 aliphatic heterocycles. The molecule has 12 heteroatoms. The van der Waals surface area contributed by atoms with Crippen molar-refractivity contribution in [1.29, 1.82) is 0 Å². The maximum Gasteiger partial charge on any atom is 0.203 e. The van der Waals surface area contributed by atoms with E-state index in [1.54, 1.807) is 43.8 Å². The predicted octanol–water partition coefficient (Wildman–Crippen LogP) is 8.54. The van der Waals surface area contributed by atoms with Crippen LogP contribution in [0.1, 0.15) is 41.6 Å². The van der Waals surface area contributed by atoms with Crippen LogP contribution >= 0.6 is 11.3 Å². The summed E-state index contributed by atoms with van der Waals surface area (Å²) in [4.78, 5) is 22.9. The van der Waals surface area contributed by atoms with Crippen LogP contribution in [0.15, 0.2) is 78.9 Å². The molecule has 0 bridgehead atoms. The molecule has 0 radical (unpaired) electrons. The van der Waals surface area contributed by atoms with Gasteiger partial charge in [-0.25, -0.2) is 4.98 Å². The van der Waals surface area contributed by atoms with E-state index in [2.05, 4.69) is 15.9 Å². The number of hydrogen-bond acceptors (Lipinski definition) is 12. The third-order valence-corrected chi connectivity index (χ3v) is 11.1. The van der Waals surface area contributed by atoms with Crippen LogP contribution in [0, 0.1) is 0 Å². The van der Waals surface area contributed by atoms with Gasteiger partial charge >= 0.3 is 0 Å². The lowest BCUT2D eigenvalue weighted by molar-refractivity contribution is 0.104. The third-order valence-electron chi connectivity index (χ3n) is 9.99. The molecule has 4 aromatic carbocycles. The van der Waals surface area contributed by atoms with Gasteiger partial charge in [0.25, 0.3) is 0 Å². The Kier molecular flexibility index (Phi) is 15.0. The molecule has 11 nitrogen and oxygen atoms in total. The Morgan fingerprint density at radius 2 is 1.23 bits per heavy atom. The van der Waals surface area contributed by atoms with Crippen molar-refractivity contribution in [3.05, 3.63) is 90.0 Å². The Morgan fingerprint density at radius 3 is 1.81 bits per heavy atom. The van der Waals surface area contributed by atoms with Gasteiger partial charge in [0.1, 0.15) is 5.01 Å². The van der Waals surface area contributed by atoms with Gasteiger partial charge < -0.3 is 43.0 Å². The highest BCUT2D eigenvalue weighted by Gasteiger charge is 2.18. The summed E-state index contributed by atoms with van der Waals surface area (Å²) >= 11 is 1.69. The van der Waals surface area contributed by atoms with E-state index >= 15 is 0 Å². The van der Waals surface area contributed by atoms with Crippen LogP contribution < -0.4 is 33.2 Å². The molecule has 0 atom stereocenters. The zero-order chi connectivity index (χ0) is 40.0. The quantitative estimate of drug-likeness (QED) is 0.0406. The van der Waals surface area contributed by atoms with Crippen LogP contribution in [0.3, 0.4) is 0 Å². The summed E-state index contributed by atoms with van der Waals surface area (Å²) < 4.78 is 40.9. The van der Waals surface area contributed by atoms with Gasteiger partial charge in [-0.15, -0.1) is 11.3 Å². The molecule has 5 aromatic rings. The number of piperazine rings is 1. The van der Waals surface area contributed by atoms with Crippen molar-refractivity contribution < 1.29 is 38.0 Å². The minimum atomic E-state index is -0.195. The van der Waals surface area contributed by atoms with Gasteiger partial charge in [0.05, 0.1) is 59.0 Å². The van der Waals surface area contributed by atoms with E-state index in [1.165, 1.54) is 32.1 Å². The van der Waals surface area contributed by atoms with E-state index in [0.717, 1.165) is 98.1 Å². The molecule has 0 saturated carbocycles. The highest BCUT2D eigenvalue weighted by atomic mass is 32.1. The Bertz CT molecular complexity index is 2050. The highest BCUT2D eigenvalue weighted by Crippen LogP contribution is 2.39. The van der Waals surface area contributed by atoms with Crippen LogP contribution in [0.4, 0.5) is 0 Å². The van der Waals surface area contributed by atoms with E-state index in [4.69, 9.17) is 38.1 Å². The van der Waals surface area contributed by atoms with Crippen LogP contribution in [-0.2, 0) is 0 Å². The molecular weight excluding hydrogens is 743 g/mol. The number of unbranched alkanes of at least 4 members (excludes halogenated alkanes) is 2. The first kappa shape index (κ1) is 41.3. The number of ketones is 1. The number of aromatic nitrogens is 1. The molecule has 0 aliphatic carbocycles. The van der Waals surface area contributed by atoms with Gasteiger partial charge in [-0.3, -0.25) is 4.79 Å². The second-order valence-corrected chi connectivity index (χ2v) is 14.7. The third kappa shape index (κ3) is 11.0. The maximum atomic E-state index is 13.0. The molecule has 302 valence electrons. The number of para-hydroxylation sites is 1. The number of rotatable bonds is 21. The van der Waals surface area contributed by atoms with Gasteiger partial charge in [0, 0.05) is 37.3 Å². The minimum absolute atomic E-state index is 0.195. The zero-order valence-corrected chi connectivity index (χ0v) is 34.4. The summed E-state index contributed by atoms with van der Waals surface area (Å²) in [6.07, 6.45) is 7.32. The molecule has 2 heterocycles. The summed E-state index contributed by atoms with van der Waals surface area (Å²) in [6, 6.07) is 23.2. The highest BCUT2D eigenvalue weighted by molar-refractivity contribution is 7.21. The fraction of sp³-hybridized carbons (Fsp3) is 0.378. The van der Waals surface area contributed by atoms with Gasteiger partial charge in [-0.05, 0) is 105 Å². The van der Waals surface area contributed by atoms with Crippen molar-refractivity contribution >= 4 is 33.4 Å². The first-order chi connectivity index (χ1) is 27.9. The van der Waals surface area contributed by atoms with Crippen LogP contribution in [-0.4, -0.2) is 109 Å². The topological polar surface area (TPSA) is 101 Å². The van der Waals surface area contributed by atoms with Crippen molar-refractivity contribution in [3.63, 3.8) is 0 Å². The Labute approximate surface area is 339 Å². The lowest BCUT2D eigenvalue weighted by Crippen LogP contribution is -2.46. The van der Waals surface area contributed by atoms with E-state index in [1.807, 2.05) is 54.6 Å². The molecule has 0 spiro atoms. The van der Waals surface area contributed by atoms with E-state index in [-0.39, 0.29) is 5.78 Å². The number of benzene rings is 4.